The van der Waals surface area contributed by atoms with Gasteiger partial charge in [0.1, 0.15) is 0 Å². The molecule has 0 aliphatic heterocycles. The van der Waals surface area contributed by atoms with Gasteiger partial charge in [-0.15, -0.1) is 0 Å². The molecule has 0 fully saturated rings. The minimum atomic E-state index is 0.645. The monoisotopic (exact) mass is 591 g/mol. The van der Waals surface area contributed by atoms with Gasteiger partial charge in [0.2, 0.25) is 0 Å². The van der Waals surface area contributed by atoms with E-state index in [0.29, 0.717) is 5.82 Å². The number of hydrogen-bond donors (Lipinski definition) is 0. The second-order valence-electron chi connectivity index (χ2n) is 9.62. The summed E-state index contributed by atoms with van der Waals surface area (Å²) in [6.45, 7) is 0. The average molecular weight is 593 g/mol. The molecule has 7 aromatic rings. The molecular formula is C35H22BrN5. The quantitative estimate of drug-likeness (QED) is 0.200. The van der Waals surface area contributed by atoms with Gasteiger partial charge in [-0.1, -0.05) is 64.5 Å². The Morgan fingerprint density at radius 3 is 2.05 bits per heavy atom. The van der Waals surface area contributed by atoms with E-state index in [0.717, 1.165) is 65.7 Å². The smallest absolute Gasteiger partial charge is 0.160 e. The lowest BCUT2D eigenvalue weighted by atomic mass is 9.97. The molecular weight excluding hydrogens is 570 g/mol. The molecule has 7 rings (SSSR count). The van der Waals surface area contributed by atoms with Crippen LogP contribution in [0.3, 0.4) is 0 Å². The molecule has 0 saturated heterocycles. The lowest BCUT2D eigenvalue weighted by Crippen LogP contribution is -1.96. The summed E-state index contributed by atoms with van der Waals surface area (Å²) < 4.78 is 0.970. The Balaban J connectivity index is 1.37. The van der Waals surface area contributed by atoms with Crippen LogP contribution in [0.15, 0.2) is 139 Å². The van der Waals surface area contributed by atoms with Crippen molar-refractivity contribution in [3.8, 4) is 56.2 Å². The van der Waals surface area contributed by atoms with Crippen molar-refractivity contribution in [3.63, 3.8) is 0 Å². The number of nitrogens with zero attached hydrogens (tertiary/aromatic N) is 5. The van der Waals surface area contributed by atoms with Gasteiger partial charge in [0.25, 0.3) is 0 Å². The number of rotatable bonds is 5. The Kier molecular flexibility index (Phi) is 6.59. The largest absolute Gasteiger partial charge is 0.265 e. The molecule has 3 aromatic carbocycles. The van der Waals surface area contributed by atoms with E-state index < -0.39 is 0 Å². The third-order valence-corrected chi connectivity index (χ3v) is 7.45. The van der Waals surface area contributed by atoms with Crippen LogP contribution in [0.5, 0.6) is 0 Å². The van der Waals surface area contributed by atoms with Crippen molar-refractivity contribution >= 4 is 26.8 Å². The fraction of sp³-hybridized carbons (Fsp3) is 0. The standard InChI is InChI=1S/C35H22BrN5/c36-29-19-27(30-5-1-7-32-31(30)6-3-15-39-32)18-28(20-29)34-21-33(40-35(41-34)25-12-16-37-17-13-25)24-10-8-23(9-11-24)26-4-2-14-38-22-26/h1-22H. The minimum absolute atomic E-state index is 0.645. The summed E-state index contributed by atoms with van der Waals surface area (Å²) in [7, 11) is 0. The van der Waals surface area contributed by atoms with Gasteiger partial charge in [-0.05, 0) is 76.9 Å². The molecule has 0 bridgehead atoms. The molecule has 194 valence electrons. The highest BCUT2D eigenvalue weighted by atomic mass is 79.9. The van der Waals surface area contributed by atoms with Crippen molar-refractivity contribution in [2.75, 3.05) is 0 Å². The van der Waals surface area contributed by atoms with Crippen molar-refractivity contribution in [2.45, 2.75) is 0 Å². The Hall–Kier alpha value is -5.07. The number of benzene rings is 3. The van der Waals surface area contributed by atoms with Crippen LogP contribution in [0.2, 0.25) is 0 Å². The van der Waals surface area contributed by atoms with Crippen LogP contribution >= 0.6 is 15.9 Å². The van der Waals surface area contributed by atoms with Crippen LogP contribution in [0, 0.1) is 0 Å². The zero-order chi connectivity index (χ0) is 27.6. The van der Waals surface area contributed by atoms with E-state index in [1.54, 1.807) is 18.6 Å². The first-order chi connectivity index (χ1) is 20.2. The van der Waals surface area contributed by atoms with Crippen LogP contribution in [0.1, 0.15) is 0 Å². The summed E-state index contributed by atoms with van der Waals surface area (Å²) in [5.74, 6) is 0.645. The minimum Gasteiger partial charge on any atom is -0.265 e. The fourth-order valence-corrected chi connectivity index (χ4v) is 5.48. The number of fused-ring (bicyclic) bond motifs is 1. The zero-order valence-corrected chi connectivity index (χ0v) is 23.4. The zero-order valence-electron chi connectivity index (χ0n) is 21.8. The van der Waals surface area contributed by atoms with Gasteiger partial charge in [0.05, 0.1) is 16.9 Å². The molecule has 5 nitrogen and oxygen atoms in total. The van der Waals surface area contributed by atoms with E-state index >= 15 is 0 Å². The summed E-state index contributed by atoms with van der Waals surface area (Å²) in [6.07, 6.45) is 9.01. The molecule has 41 heavy (non-hydrogen) atoms. The number of halogens is 1. The third kappa shape index (κ3) is 5.13. The molecule has 0 atom stereocenters. The SMILES string of the molecule is Brc1cc(-c2cc(-c3ccc(-c4cccnc4)cc3)nc(-c3ccncc3)n2)cc(-c2cccc3ncccc23)c1. The van der Waals surface area contributed by atoms with E-state index in [-0.39, 0.29) is 0 Å². The Morgan fingerprint density at radius 2 is 1.24 bits per heavy atom. The van der Waals surface area contributed by atoms with Crippen molar-refractivity contribution in [1.82, 2.24) is 24.9 Å². The van der Waals surface area contributed by atoms with E-state index in [9.17, 15) is 0 Å². The van der Waals surface area contributed by atoms with Crippen LogP contribution in [-0.4, -0.2) is 24.9 Å². The van der Waals surface area contributed by atoms with Crippen molar-refractivity contribution in [3.05, 3.63) is 139 Å². The summed E-state index contributed by atoms with van der Waals surface area (Å²) in [5, 5.41) is 1.11. The van der Waals surface area contributed by atoms with Gasteiger partial charge in [-0.25, -0.2) is 9.97 Å². The topological polar surface area (TPSA) is 64.5 Å². The predicted molar refractivity (Wildman–Crippen MR) is 168 cm³/mol. The first kappa shape index (κ1) is 24.9. The number of hydrogen-bond acceptors (Lipinski definition) is 5. The van der Waals surface area contributed by atoms with Gasteiger partial charge < -0.3 is 0 Å². The van der Waals surface area contributed by atoms with Gasteiger partial charge in [-0.2, -0.15) is 0 Å². The van der Waals surface area contributed by atoms with Crippen molar-refractivity contribution in [2.24, 2.45) is 0 Å². The van der Waals surface area contributed by atoms with E-state index in [4.69, 9.17) is 9.97 Å². The number of pyridine rings is 3. The highest BCUT2D eigenvalue weighted by Crippen LogP contribution is 2.35. The normalized spacial score (nSPS) is 11.0. The maximum Gasteiger partial charge on any atom is 0.160 e. The molecule has 0 N–H and O–H groups in total. The first-order valence-corrected chi connectivity index (χ1v) is 14.0. The highest BCUT2D eigenvalue weighted by molar-refractivity contribution is 9.10. The van der Waals surface area contributed by atoms with Crippen LogP contribution in [0.25, 0.3) is 67.1 Å². The van der Waals surface area contributed by atoms with E-state index in [1.165, 1.54) is 0 Å². The third-order valence-electron chi connectivity index (χ3n) is 6.99. The molecule has 0 aliphatic carbocycles. The number of aromatic nitrogens is 5. The second kappa shape index (κ2) is 10.8. The molecule has 0 aliphatic rings. The predicted octanol–water partition coefficient (Wildman–Crippen LogP) is 8.91. The Bertz CT molecular complexity index is 1990. The first-order valence-electron chi connectivity index (χ1n) is 13.2. The van der Waals surface area contributed by atoms with Crippen LogP contribution in [0.4, 0.5) is 0 Å². The average Bonchev–Trinajstić information content (AvgIpc) is 3.05. The fourth-order valence-electron chi connectivity index (χ4n) is 4.99. The molecule has 0 saturated carbocycles. The van der Waals surface area contributed by atoms with Crippen molar-refractivity contribution < 1.29 is 0 Å². The Morgan fingerprint density at radius 1 is 0.488 bits per heavy atom. The summed E-state index contributed by atoms with van der Waals surface area (Å²) >= 11 is 3.76. The molecule has 4 heterocycles. The second-order valence-corrected chi connectivity index (χ2v) is 10.5. The van der Waals surface area contributed by atoms with Crippen LogP contribution < -0.4 is 0 Å². The molecule has 6 heteroatoms. The molecule has 0 radical (unpaired) electrons. The van der Waals surface area contributed by atoms with E-state index in [1.807, 2.05) is 48.8 Å². The summed E-state index contributed by atoms with van der Waals surface area (Å²) in [5.41, 5.74) is 9.92. The highest BCUT2D eigenvalue weighted by Gasteiger charge is 2.14. The van der Waals surface area contributed by atoms with Gasteiger partial charge >= 0.3 is 0 Å². The molecule has 0 unspecified atom stereocenters. The van der Waals surface area contributed by atoms with Gasteiger partial charge in [0, 0.05) is 57.5 Å². The van der Waals surface area contributed by atoms with Gasteiger partial charge in [-0.3, -0.25) is 15.0 Å². The lowest BCUT2D eigenvalue weighted by Gasteiger charge is -2.12. The van der Waals surface area contributed by atoms with Gasteiger partial charge in [0.15, 0.2) is 5.82 Å². The summed E-state index contributed by atoms with van der Waals surface area (Å²) in [4.78, 5) is 23.0. The molecule has 0 amide bonds. The van der Waals surface area contributed by atoms with E-state index in [2.05, 4.69) is 97.6 Å². The maximum absolute atomic E-state index is 5.02. The molecule has 4 aromatic heterocycles. The van der Waals surface area contributed by atoms with Crippen molar-refractivity contribution in [1.29, 1.82) is 0 Å². The maximum atomic E-state index is 5.02. The molecule has 0 spiro atoms. The summed E-state index contributed by atoms with van der Waals surface area (Å²) in [6, 6.07) is 35.0. The van der Waals surface area contributed by atoms with Crippen LogP contribution in [-0.2, 0) is 0 Å². The Labute approximate surface area is 245 Å². The lowest BCUT2D eigenvalue weighted by molar-refractivity contribution is 1.17.